The molecule has 1 atom stereocenters. The summed E-state index contributed by atoms with van der Waals surface area (Å²) < 4.78 is 10.7. The van der Waals surface area contributed by atoms with Crippen molar-refractivity contribution in [3.63, 3.8) is 0 Å². The van der Waals surface area contributed by atoms with Crippen molar-refractivity contribution in [1.82, 2.24) is 0 Å². The van der Waals surface area contributed by atoms with E-state index in [1.165, 1.54) is 0 Å². The molecule has 3 nitrogen and oxygen atoms in total. The van der Waals surface area contributed by atoms with E-state index in [0.29, 0.717) is 0 Å². The third-order valence-electron chi connectivity index (χ3n) is 2.04. The summed E-state index contributed by atoms with van der Waals surface area (Å²) in [6.45, 7) is 4.07. The van der Waals surface area contributed by atoms with Gasteiger partial charge in [-0.15, -0.1) is 0 Å². The molecule has 0 radical (unpaired) electrons. The van der Waals surface area contributed by atoms with Gasteiger partial charge in [0.1, 0.15) is 0 Å². The van der Waals surface area contributed by atoms with Crippen molar-refractivity contribution in [2.45, 2.75) is 39.5 Å². The summed E-state index contributed by atoms with van der Waals surface area (Å²) in [6.07, 6.45) is 4.03. The zero-order valence-electron chi connectivity index (χ0n) is 8.27. The summed E-state index contributed by atoms with van der Waals surface area (Å²) in [4.78, 5) is 17.5. The molecular formula is C8H19MoO3P. The second-order valence-corrected chi connectivity index (χ2v) is 4.96. The van der Waals surface area contributed by atoms with Crippen molar-refractivity contribution >= 4 is 7.60 Å². The zero-order chi connectivity index (χ0) is 9.61. The molecule has 0 rings (SSSR count). The van der Waals surface area contributed by atoms with Crippen LogP contribution in [0.2, 0.25) is 0 Å². The van der Waals surface area contributed by atoms with E-state index < -0.39 is 7.60 Å². The number of hydrogen-bond donors (Lipinski definition) is 2. The van der Waals surface area contributed by atoms with Gasteiger partial charge in [-0.2, -0.15) is 0 Å². The number of rotatable bonds is 6. The molecule has 0 heterocycles. The van der Waals surface area contributed by atoms with Crippen LogP contribution < -0.4 is 0 Å². The first-order valence-electron chi connectivity index (χ1n) is 4.54. The van der Waals surface area contributed by atoms with Crippen LogP contribution >= 0.6 is 7.60 Å². The molecule has 0 aliphatic heterocycles. The Morgan fingerprint density at radius 2 is 1.85 bits per heavy atom. The van der Waals surface area contributed by atoms with E-state index in [4.69, 9.17) is 9.79 Å². The molecule has 0 aromatic carbocycles. The first-order chi connectivity index (χ1) is 5.49. The molecular weight excluding hydrogens is 271 g/mol. The van der Waals surface area contributed by atoms with Crippen LogP contribution in [0.15, 0.2) is 0 Å². The molecule has 80 valence electrons. The van der Waals surface area contributed by atoms with Gasteiger partial charge in [0.25, 0.3) is 0 Å². The fourth-order valence-electron chi connectivity index (χ4n) is 1.25. The van der Waals surface area contributed by atoms with Gasteiger partial charge in [-0.3, -0.25) is 4.57 Å². The largest absolute Gasteiger partial charge is 0.325 e. The van der Waals surface area contributed by atoms with Crippen LogP contribution in [0.3, 0.4) is 0 Å². The summed E-state index contributed by atoms with van der Waals surface area (Å²) in [5.41, 5.74) is 0. The van der Waals surface area contributed by atoms with E-state index >= 15 is 0 Å². The summed E-state index contributed by atoms with van der Waals surface area (Å²) in [7, 11) is -3.78. The molecule has 0 bridgehead atoms. The summed E-state index contributed by atoms with van der Waals surface area (Å²) in [6, 6.07) is 0. The fraction of sp³-hybridized carbons (Fsp3) is 1.00. The van der Waals surface area contributed by atoms with Crippen molar-refractivity contribution in [2.24, 2.45) is 5.92 Å². The van der Waals surface area contributed by atoms with Crippen LogP contribution in [-0.2, 0) is 25.6 Å². The van der Waals surface area contributed by atoms with Gasteiger partial charge in [-0.1, -0.05) is 33.1 Å². The van der Waals surface area contributed by atoms with E-state index in [0.717, 1.165) is 25.7 Å². The first kappa shape index (κ1) is 16.3. The van der Waals surface area contributed by atoms with Gasteiger partial charge in [0.2, 0.25) is 0 Å². The molecule has 0 saturated carbocycles. The van der Waals surface area contributed by atoms with Crippen LogP contribution in [0, 0.1) is 5.92 Å². The summed E-state index contributed by atoms with van der Waals surface area (Å²) in [5, 5.41) is 0. The van der Waals surface area contributed by atoms with Crippen molar-refractivity contribution in [2.75, 3.05) is 6.16 Å². The maximum Gasteiger partial charge on any atom is 0.325 e. The topological polar surface area (TPSA) is 57.5 Å². The van der Waals surface area contributed by atoms with Gasteiger partial charge in [-0.25, -0.2) is 0 Å². The van der Waals surface area contributed by atoms with Gasteiger partial charge in [-0.05, 0) is 12.3 Å². The molecule has 5 heteroatoms. The zero-order valence-corrected chi connectivity index (χ0v) is 11.2. The van der Waals surface area contributed by atoms with Crippen LogP contribution in [0.1, 0.15) is 39.5 Å². The third kappa shape index (κ3) is 10.8. The van der Waals surface area contributed by atoms with Gasteiger partial charge in [0.15, 0.2) is 0 Å². The van der Waals surface area contributed by atoms with Gasteiger partial charge < -0.3 is 9.79 Å². The van der Waals surface area contributed by atoms with E-state index in [2.05, 4.69) is 6.92 Å². The Kier molecular flexibility index (Phi) is 10.2. The van der Waals surface area contributed by atoms with Crippen LogP contribution in [0.4, 0.5) is 0 Å². The quantitative estimate of drug-likeness (QED) is 0.583. The standard InChI is InChI=1S/C8H19O3P.Mo/c1-3-5-6-8(4-2)7-12(9,10)11;/h8H,3-7H2,1-2H3,(H2,9,10,11);. The molecule has 0 saturated heterocycles. The number of hydrogen-bond acceptors (Lipinski definition) is 1. The molecule has 0 aliphatic rings. The van der Waals surface area contributed by atoms with Gasteiger partial charge in [0.05, 0.1) is 6.16 Å². The Balaban J connectivity index is 0. The molecule has 2 N–H and O–H groups in total. The fourth-order valence-corrected chi connectivity index (χ4v) is 2.37. The van der Waals surface area contributed by atoms with Crippen molar-refractivity contribution in [3.05, 3.63) is 0 Å². The van der Waals surface area contributed by atoms with Crippen molar-refractivity contribution in [1.29, 1.82) is 0 Å². The van der Waals surface area contributed by atoms with E-state index in [1.807, 2.05) is 6.92 Å². The SMILES string of the molecule is CCCCC(CC)CP(=O)(O)O.[Mo]. The van der Waals surface area contributed by atoms with Crippen LogP contribution in [0.5, 0.6) is 0 Å². The molecule has 0 aromatic rings. The van der Waals surface area contributed by atoms with Crippen molar-refractivity contribution in [3.8, 4) is 0 Å². The molecule has 0 aromatic heterocycles. The second kappa shape index (κ2) is 8.17. The van der Waals surface area contributed by atoms with E-state index in [-0.39, 0.29) is 33.1 Å². The van der Waals surface area contributed by atoms with Gasteiger partial charge >= 0.3 is 7.60 Å². The summed E-state index contributed by atoms with van der Waals surface area (Å²) in [5.74, 6) is 0.200. The third-order valence-corrected chi connectivity index (χ3v) is 3.03. The number of unbranched alkanes of at least 4 members (excludes halogenated alkanes) is 1. The van der Waals surface area contributed by atoms with E-state index in [9.17, 15) is 4.57 Å². The molecule has 0 aliphatic carbocycles. The minimum atomic E-state index is -3.78. The Labute approximate surface area is 94.7 Å². The minimum Gasteiger partial charge on any atom is -0.324 e. The van der Waals surface area contributed by atoms with Gasteiger partial charge in [0, 0.05) is 21.1 Å². The average Bonchev–Trinajstić information content (AvgIpc) is 1.95. The Morgan fingerprint density at radius 1 is 1.31 bits per heavy atom. The van der Waals surface area contributed by atoms with E-state index in [1.54, 1.807) is 0 Å². The normalized spacial score (nSPS) is 13.5. The monoisotopic (exact) mass is 292 g/mol. The molecule has 0 spiro atoms. The molecule has 13 heavy (non-hydrogen) atoms. The average molecular weight is 290 g/mol. The molecule has 0 fully saturated rings. The minimum absolute atomic E-state index is 0. The summed E-state index contributed by atoms with van der Waals surface area (Å²) >= 11 is 0. The predicted octanol–water partition coefficient (Wildman–Crippen LogP) is 2.38. The maximum absolute atomic E-state index is 10.7. The second-order valence-electron chi connectivity index (χ2n) is 3.26. The Hall–Kier alpha value is 0.838. The molecule has 0 amide bonds. The van der Waals surface area contributed by atoms with Crippen LogP contribution in [0.25, 0.3) is 0 Å². The smallest absolute Gasteiger partial charge is 0.324 e. The Bertz CT molecular complexity index is 157. The van der Waals surface area contributed by atoms with Crippen LogP contribution in [-0.4, -0.2) is 15.9 Å². The first-order valence-corrected chi connectivity index (χ1v) is 6.34. The Morgan fingerprint density at radius 3 is 2.15 bits per heavy atom. The predicted molar refractivity (Wildman–Crippen MR) is 50.2 cm³/mol. The van der Waals surface area contributed by atoms with Crippen molar-refractivity contribution < 1.29 is 35.4 Å². The molecule has 1 unspecified atom stereocenters. The maximum atomic E-state index is 10.7.